The van der Waals surface area contributed by atoms with Crippen molar-refractivity contribution in [2.24, 2.45) is 0 Å². The van der Waals surface area contributed by atoms with Crippen molar-refractivity contribution in [2.45, 2.75) is 44.5 Å². The van der Waals surface area contributed by atoms with Crippen molar-refractivity contribution in [2.75, 3.05) is 6.61 Å². The molecule has 0 radical (unpaired) electrons. The maximum absolute atomic E-state index is 11.8. The summed E-state index contributed by atoms with van der Waals surface area (Å²) in [5, 5.41) is 10.4. The van der Waals surface area contributed by atoms with Crippen LogP contribution in [0.1, 0.15) is 20.1 Å². The number of aromatic nitrogens is 2. The van der Waals surface area contributed by atoms with E-state index in [1.54, 1.807) is 13.8 Å². The fraction of sp³-hybridized carbons (Fsp3) is 0.667. The highest BCUT2D eigenvalue weighted by molar-refractivity contribution is 7.46. The van der Waals surface area contributed by atoms with Gasteiger partial charge in [-0.2, -0.15) is 0 Å². The molecule has 4 N–H and O–H groups in total. The van der Waals surface area contributed by atoms with Gasteiger partial charge < -0.3 is 24.4 Å². The molecule has 1 aliphatic rings. The van der Waals surface area contributed by atoms with E-state index in [4.69, 9.17) is 19.3 Å². The first kappa shape index (κ1) is 19.0. The second-order valence-corrected chi connectivity index (χ2v) is 6.75. The maximum Gasteiger partial charge on any atom is 0.469 e. The van der Waals surface area contributed by atoms with Gasteiger partial charge in [0, 0.05) is 12.3 Å². The predicted octanol–water partition coefficient (Wildman–Crippen LogP) is -1.30. The van der Waals surface area contributed by atoms with Crippen LogP contribution in [0, 0.1) is 0 Å². The molecule has 136 valence electrons. The lowest BCUT2D eigenvalue weighted by atomic mass is 10.1. The van der Waals surface area contributed by atoms with E-state index in [1.807, 2.05) is 4.98 Å². The van der Waals surface area contributed by atoms with E-state index in [2.05, 4.69) is 4.52 Å². The van der Waals surface area contributed by atoms with E-state index in [-0.39, 0.29) is 6.10 Å². The predicted molar refractivity (Wildman–Crippen MR) is 79.2 cm³/mol. The van der Waals surface area contributed by atoms with E-state index < -0.39 is 50.2 Å². The van der Waals surface area contributed by atoms with E-state index in [0.717, 1.165) is 16.8 Å². The molecule has 1 aromatic rings. The number of phosphoric ester groups is 1. The molecule has 0 aromatic carbocycles. The molecule has 1 aliphatic heterocycles. The van der Waals surface area contributed by atoms with Crippen LogP contribution in [-0.4, -0.2) is 55.5 Å². The Bertz CT molecular complexity index is 724. The van der Waals surface area contributed by atoms with Gasteiger partial charge in [-0.1, -0.05) is 0 Å². The third-order valence-corrected chi connectivity index (χ3v) is 3.76. The zero-order valence-electron chi connectivity index (χ0n) is 12.9. The first-order chi connectivity index (χ1) is 11.1. The molecule has 0 spiro atoms. The molecule has 4 atom stereocenters. The number of phosphoric acid groups is 1. The van der Waals surface area contributed by atoms with Gasteiger partial charge >= 0.3 is 13.5 Å². The minimum absolute atomic E-state index is 0.322. The minimum Gasteiger partial charge on any atom is -0.386 e. The molecule has 12 heteroatoms. The Morgan fingerprint density at radius 3 is 2.62 bits per heavy atom. The molecular formula is C12H19N2O9P. The summed E-state index contributed by atoms with van der Waals surface area (Å²) in [5.41, 5.74) is -1.41. The maximum atomic E-state index is 11.8. The summed E-state index contributed by atoms with van der Waals surface area (Å²) in [4.78, 5) is 42.6. The number of nitrogens with one attached hydrogen (secondary N) is 1. The SMILES string of the molecule is CC(C)O[C@@H]1C(O)[C@H](n2ccc(=O)[nH]c2=O)O[C@@H]1COP(=O)(O)O. The summed E-state index contributed by atoms with van der Waals surface area (Å²) >= 11 is 0. The molecule has 1 saturated heterocycles. The van der Waals surface area contributed by atoms with Gasteiger partial charge in [-0.05, 0) is 13.8 Å². The lowest BCUT2D eigenvalue weighted by Gasteiger charge is -2.23. The smallest absolute Gasteiger partial charge is 0.386 e. The monoisotopic (exact) mass is 366 g/mol. The molecule has 1 fully saturated rings. The van der Waals surface area contributed by atoms with Gasteiger partial charge in [0.05, 0.1) is 12.7 Å². The quantitative estimate of drug-likeness (QED) is 0.448. The van der Waals surface area contributed by atoms with Gasteiger partial charge in [-0.3, -0.25) is 18.9 Å². The van der Waals surface area contributed by atoms with Gasteiger partial charge in [-0.15, -0.1) is 0 Å². The van der Waals surface area contributed by atoms with Gasteiger partial charge in [0.15, 0.2) is 6.23 Å². The average molecular weight is 366 g/mol. The third-order valence-electron chi connectivity index (χ3n) is 3.27. The van der Waals surface area contributed by atoms with Crippen molar-refractivity contribution in [3.63, 3.8) is 0 Å². The van der Waals surface area contributed by atoms with Crippen LogP contribution in [0.25, 0.3) is 0 Å². The van der Waals surface area contributed by atoms with Crippen LogP contribution in [-0.2, 0) is 18.6 Å². The summed E-state index contributed by atoms with van der Waals surface area (Å²) in [7, 11) is -4.74. The number of hydrogen-bond acceptors (Lipinski definition) is 7. The summed E-state index contributed by atoms with van der Waals surface area (Å²) < 4.78 is 27.2. The van der Waals surface area contributed by atoms with E-state index in [1.165, 1.54) is 0 Å². The second kappa shape index (κ2) is 7.28. The van der Waals surface area contributed by atoms with Crippen LogP contribution >= 0.6 is 7.82 Å². The Morgan fingerprint density at radius 2 is 2.08 bits per heavy atom. The Kier molecular flexibility index (Phi) is 5.76. The molecule has 2 rings (SSSR count). The number of aliphatic hydroxyl groups is 1. The minimum atomic E-state index is -4.74. The second-order valence-electron chi connectivity index (χ2n) is 5.51. The number of hydrogen-bond donors (Lipinski definition) is 4. The molecule has 1 unspecified atom stereocenters. The summed E-state index contributed by atoms with van der Waals surface area (Å²) in [6.45, 7) is 2.85. The lowest BCUT2D eigenvalue weighted by Crippen LogP contribution is -2.40. The largest absolute Gasteiger partial charge is 0.469 e. The Balaban J connectivity index is 2.26. The Morgan fingerprint density at radius 1 is 1.42 bits per heavy atom. The van der Waals surface area contributed by atoms with Crippen molar-refractivity contribution >= 4 is 7.82 Å². The Hall–Kier alpha value is -1.33. The standard InChI is InChI=1S/C12H19N2O9P/c1-6(2)22-10-7(5-21-24(18,19)20)23-11(9(10)16)14-4-3-8(15)13-12(14)17/h3-4,6-7,9-11,16H,5H2,1-2H3,(H,13,15,17)(H2,18,19,20)/t7-,9?,10+,11-/m1/s1. The van der Waals surface area contributed by atoms with Crippen molar-refractivity contribution in [3.8, 4) is 0 Å². The lowest BCUT2D eigenvalue weighted by molar-refractivity contribution is -0.0779. The highest BCUT2D eigenvalue weighted by Gasteiger charge is 2.47. The fourth-order valence-corrected chi connectivity index (χ4v) is 2.71. The molecule has 0 bridgehead atoms. The zero-order chi connectivity index (χ0) is 18.1. The van der Waals surface area contributed by atoms with Gasteiger partial charge in [0.2, 0.25) is 0 Å². The van der Waals surface area contributed by atoms with E-state index >= 15 is 0 Å². The molecule has 0 saturated carbocycles. The number of aliphatic hydroxyl groups excluding tert-OH is 1. The normalized spacial score (nSPS) is 27.8. The molecule has 0 amide bonds. The number of aromatic amines is 1. The summed E-state index contributed by atoms with van der Waals surface area (Å²) in [6, 6.07) is 1.08. The molecular weight excluding hydrogens is 347 g/mol. The number of nitrogens with zero attached hydrogens (tertiary/aromatic N) is 1. The van der Waals surface area contributed by atoms with Crippen LogP contribution in [0.5, 0.6) is 0 Å². The highest BCUT2D eigenvalue weighted by Crippen LogP contribution is 2.38. The molecule has 11 nitrogen and oxygen atoms in total. The van der Waals surface area contributed by atoms with Crippen LogP contribution in [0.15, 0.2) is 21.9 Å². The van der Waals surface area contributed by atoms with Crippen molar-refractivity contribution < 1.29 is 33.5 Å². The van der Waals surface area contributed by atoms with E-state index in [9.17, 15) is 19.3 Å². The van der Waals surface area contributed by atoms with E-state index in [0.29, 0.717) is 0 Å². The topological polar surface area (TPSA) is 160 Å². The number of H-pyrrole nitrogens is 1. The molecule has 0 aliphatic carbocycles. The van der Waals surface area contributed by atoms with Gasteiger partial charge in [0.25, 0.3) is 5.56 Å². The zero-order valence-corrected chi connectivity index (χ0v) is 13.8. The van der Waals surface area contributed by atoms with Crippen molar-refractivity contribution in [1.29, 1.82) is 0 Å². The number of rotatable bonds is 6. The first-order valence-corrected chi connectivity index (χ1v) is 8.62. The Labute approximate surface area is 136 Å². The first-order valence-electron chi connectivity index (χ1n) is 7.09. The van der Waals surface area contributed by atoms with Crippen LogP contribution in [0.3, 0.4) is 0 Å². The number of ether oxygens (including phenoxy) is 2. The van der Waals surface area contributed by atoms with Gasteiger partial charge in [0.1, 0.15) is 18.3 Å². The van der Waals surface area contributed by atoms with Crippen LogP contribution in [0.2, 0.25) is 0 Å². The summed E-state index contributed by atoms with van der Waals surface area (Å²) in [5.74, 6) is 0. The van der Waals surface area contributed by atoms with Gasteiger partial charge in [-0.25, -0.2) is 9.36 Å². The highest BCUT2D eigenvalue weighted by atomic mass is 31.2. The molecule has 1 aromatic heterocycles. The van der Waals surface area contributed by atoms with Crippen LogP contribution < -0.4 is 11.2 Å². The fourth-order valence-electron chi connectivity index (χ4n) is 2.36. The average Bonchev–Trinajstić information content (AvgIpc) is 2.73. The van der Waals surface area contributed by atoms with Crippen molar-refractivity contribution in [3.05, 3.63) is 33.1 Å². The van der Waals surface area contributed by atoms with Crippen LogP contribution in [0.4, 0.5) is 0 Å². The van der Waals surface area contributed by atoms with Crippen molar-refractivity contribution in [1.82, 2.24) is 9.55 Å². The molecule has 24 heavy (non-hydrogen) atoms. The summed E-state index contributed by atoms with van der Waals surface area (Å²) in [6.07, 6.45) is -3.71. The third kappa shape index (κ3) is 4.61. The molecule has 2 heterocycles.